The van der Waals surface area contributed by atoms with E-state index in [-0.39, 0.29) is 0 Å². The molecule has 2 aromatic carbocycles. The third-order valence-electron chi connectivity index (χ3n) is 4.05. The van der Waals surface area contributed by atoms with Gasteiger partial charge in [-0.2, -0.15) is 0 Å². The molecule has 0 spiro atoms. The number of anilines is 1. The van der Waals surface area contributed by atoms with E-state index >= 15 is 0 Å². The van der Waals surface area contributed by atoms with Gasteiger partial charge in [0, 0.05) is 31.2 Å². The molecule has 3 aromatic rings. The maximum Gasteiger partial charge on any atom is 0.118 e. The average molecular weight is 318 g/mol. The van der Waals surface area contributed by atoms with Crippen LogP contribution in [0.4, 0.5) is 5.69 Å². The van der Waals surface area contributed by atoms with Crippen molar-refractivity contribution in [2.75, 3.05) is 12.0 Å². The number of hydrogen-bond donors (Lipinski definition) is 0. The van der Waals surface area contributed by atoms with Gasteiger partial charge in [-0.05, 0) is 42.3 Å². The molecular formula is C21H22N2O. The number of pyridine rings is 1. The molecule has 122 valence electrons. The van der Waals surface area contributed by atoms with Gasteiger partial charge in [0.25, 0.3) is 0 Å². The molecule has 0 saturated heterocycles. The highest BCUT2D eigenvalue weighted by Gasteiger charge is 2.09. The van der Waals surface area contributed by atoms with Crippen LogP contribution in [0.2, 0.25) is 0 Å². The van der Waals surface area contributed by atoms with Gasteiger partial charge in [0.15, 0.2) is 0 Å². The van der Waals surface area contributed by atoms with Crippen LogP contribution in [0.15, 0.2) is 73.1 Å². The molecule has 0 fully saturated rings. The van der Waals surface area contributed by atoms with Crippen LogP contribution in [-0.2, 0) is 13.1 Å². The Kier molecular flexibility index (Phi) is 5.12. The van der Waals surface area contributed by atoms with E-state index in [4.69, 9.17) is 4.74 Å². The van der Waals surface area contributed by atoms with E-state index < -0.39 is 0 Å². The lowest BCUT2D eigenvalue weighted by Gasteiger charge is -2.25. The summed E-state index contributed by atoms with van der Waals surface area (Å²) in [6.07, 6.45) is 3.68. The summed E-state index contributed by atoms with van der Waals surface area (Å²) in [5, 5.41) is 0. The smallest absolute Gasteiger partial charge is 0.118 e. The molecular weight excluding hydrogens is 296 g/mol. The summed E-state index contributed by atoms with van der Waals surface area (Å²) in [5.74, 6) is 0.882. The molecule has 0 aliphatic heterocycles. The quantitative estimate of drug-likeness (QED) is 0.664. The Morgan fingerprint density at radius 2 is 1.33 bits per heavy atom. The molecule has 0 aliphatic rings. The topological polar surface area (TPSA) is 25.4 Å². The summed E-state index contributed by atoms with van der Waals surface area (Å²) >= 11 is 0. The van der Waals surface area contributed by atoms with Crippen molar-refractivity contribution in [2.45, 2.75) is 20.0 Å². The van der Waals surface area contributed by atoms with Crippen LogP contribution in [0.5, 0.6) is 5.75 Å². The first-order chi connectivity index (χ1) is 11.7. The summed E-state index contributed by atoms with van der Waals surface area (Å²) in [4.78, 5) is 6.49. The van der Waals surface area contributed by atoms with Crippen molar-refractivity contribution >= 4 is 5.69 Å². The molecule has 0 N–H and O–H groups in total. The number of methoxy groups -OCH3 is 1. The average Bonchev–Trinajstić information content (AvgIpc) is 2.64. The monoisotopic (exact) mass is 318 g/mol. The number of benzene rings is 2. The molecule has 1 aromatic heterocycles. The zero-order chi connectivity index (χ0) is 16.8. The Morgan fingerprint density at radius 1 is 0.792 bits per heavy atom. The third kappa shape index (κ3) is 4.13. The standard InChI is InChI=1S/C21H22N2O/c1-17-3-5-18(6-4-17)15-23(20-11-13-22-14-12-20)16-19-7-9-21(24-2)10-8-19/h3-14H,15-16H2,1-2H3. The van der Waals surface area contributed by atoms with Crippen molar-refractivity contribution < 1.29 is 4.74 Å². The van der Waals surface area contributed by atoms with Gasteiger partial charge >= 0.3 is 0 Å². The number of ether oxygens (including phenoxy) is 1. The zero-order valence-electron chi connectivity index (χ0n) is 14.1. The van der Waals surface area contributed by atoms with Gasteiger partial charge in [-0.15, -0.1) is 0 Å². The molecule has 3 rings (SSSR count). The molecule has 3 heteroatoms. The molecule has 1 heterocycles. The van der Waals surface area contributed by atoms with E-state index in [9.17, 15) is 0 Å². The molecule has 0 saturated carbocycles. The Morgan fingerprint density at radius 3 is 1.88 bits per heavy atom. The Balaban J connectivity index is 1.82. The predicted molar refractivity (Wildman–Crippen MR) is 98.3 cm³/mol. The van der Waals surface area contributed by atoms with Crippen molar-refractivity contribution in [3.8, 4) is 5.75 Å². The highest BCUT2D eigenvalue weighted by Crippen LogP contribution is 2.21. The van der Waals surface area contributed by atoms with Crippen LogP contribution in [-0.4, -0.2) is 12.1 Å². The SMILES string of the molecule is COc1ccc(CN(Cc2ccc(C)cc2)c2ccncc2)cc1. The van der Waals surface area contributed by atoms with Crippen molar-refractivity contribution in [1.82, 2.24) is 4.98 Å². The summed E-state index contributed by atoms with van der Waals surface area (Å²) in [7, 11) is 1.69. The molecule has 0 unspecified atom stereocenters. The lowest BCUT2D eigenvalue weighted by atomic mass is 10.1. The Labute approximate surface area is 143 Å². The van der Waals surface area contributed by atoms with E-state index in [1.54, 1.807) is 7.11 Å². The second kappa shape index (κ2) is 7.64. The maximum atomic E-state index is 5.24. The summed E-state index contributed by atoms with van der Waals surface area (Å²) in [6, 6.07) is 21.0. The molecule has 0 bridgehead atoms. The van der Waals surface area contributed by atoms with Crippen LogP contribution >= 0.6 is 0 Å². The van der Waals surface area contributed by atoms with Gasteiger partial charge in [0.1, 0.15) is 5.75 Å². The zero-order valence-corrected chi connectivity index (χ0v) is 14.1. The van der Waals surface area contributed by atoms with E-state index in [1.807, 2.05) is 24.5 Å². The van der Waals surface area contributed by atoms with Gasteiger partial charge in [0.2, 0.25) is 0 Å². The minimum absolute atomic E-state index is 0.835. The highest BCUT2D eigenvalue weighted by molar-refractivity contribution is 5.46. The Hall–Kier alpha value is -2.81. The summed E-state index contributed by atoms with van der Waals surface area (Å²) in [5.41, 5.74) is 5.00. The normalized spacial score (nSPS) is 10.4. The van der Waals surface area contributed by atoms with E-state index in [0.717, 1.165) is 18.8 Å². The first kappa shape index (κ1) is 16.1. The number of nitrogens with zero attached hydrogens (tertiary/aromatic N) is 2. The molecule has 0 amide bonds. The van der Waals surface area contributed by atoms with Gasteiger partial charge in [-0.1, -0.05) is 42.0 Å². The second-order valence-electron chi connectivity index (χ2n) is 5.90. The number of aryl methyl sites for hydroxylation is 1. The van der Waals surface area contributed by atoms with Gasteiger partial charge in [-0.3, -0.25) is 4.98 Å². The van der Waals surface area contributed by atoms with Gasteiger partial charge in [0.05, 0.1) is 7.11 Å². The lowest BCUT2D eigenvalue weighted by molar-refractivity contribution is 0.414. The first-order valence-corrected chi connectivity index (χ1v) is 8.08. The van der Waals surface area contributed by atoms with Crippen LogP contribution < -0.4 is 9.64 Å². The first-order valence-electron chi connectivity index (χ1n) is 8.08. The number of aromatic nitrogens is 1. The minimum atomic E-state index is 0.835. The highest BCUT2D eigenvalue weighted by atomic mass is 16.5. The van der Waals surface area contributed by atoms with Crippen molar-refractivity contribution in [2.24, 2.45) is 0 Å². The fraction of sp³-hybridized carbons (Fsp3) is 0.190. The fourth-order valence-electron chi connectivity index (χ4n) is 2.66. The maximum absolute atomic E-state index is 5.24. The van der Waals surface area contributed by atoms with Crippen LogP contribution in [0.25, 0.3) is 0 Å². The van der Waals surface area contributed by atoms with E-state index in [0.29, 0.717) is 0 Å². The van der Waals surface area contributed by atoms with Crippen LogP contribution in [0.1, 0.15) is 16.7 Å². The van der Waals surface area contributed by atoms with E-state index in [2.05, 4.69) is 65.3 Å². The molecule has 0 atom stereocenters. The largest absolute Gasteiger partial charge is 0.497 e. The third-order valence-corrected chi connectivity index (χ3v) is 4.05. The molecule has 3 nitrogen and oxygen atoms in total. The second-order valence-corrected chi connectivity index (χ2v) is 5.90. The van der Waals surface area contributed by atoms with E-state index in [1.165, 1.54) is 22.4 Å². The summed E-state index contributed by atoms with van der Waals surface area (Å²) in [6.45, 7) is 3.81. The number of rotatable bonds is 6. The van der Waals surface area contributed by atoms with Gasteiger partial charge < -0.3 is 9.64 Å². The van der Waals surface area contributed by atoms with Gasteiger partial charge in [-0.25, -0.2) is 0 Å². The predicted octanol–water partition coefficient (Wildman–Crippen LogP) is 4.61. The molecule has 0 aliphatic carbocycles. The van der Waals surface area contributed by atoms with Crippen molar-refractivity contribution in [3.63, 3.8) is 0 Å². The fourth-order valence-corrected chi connectivity index (χ4v) is 2.66. The minimum Gasteiger partial charge on any atom is -0.497 e. The number of hydrogen-bond acceptors (Lipinski definition) is 3. The van der Waals surface area contributed by atoms with Crippen molar-refractivity contribution in [1.29, 1.82) is 0 Å². The summed E-state index contributed by atoms with van der Waals surface area (Å²) < 4.78 is 5.24. The van der Waals surface area contributed by atoms with Crippen LogP contribution in [0, 0.1) is 6.92 Å². The van der Waals surface area contributed by atoms with Crippen molar-refractivity contribution in [3.05, 3.63) is 89.7 Å². The Bertz CT molecular complexity index is 752. The van der Waals surface area contributed by atoms with Crippen LogP contribution in [0.3, 0.4) is 0 Å². The molecule has 24 heavy (non-hydrogen) atoms. The molecule has 0 radical (unpaired) electrons. The lowest BCUT2D eigenvalue weighted by Crippen LogP contribution is -2.22.